The smallest absolute Gasteiger partial charge is 0.270 e. The van der Waals surface area contributed by atoms with Gasteiger partial charge in [0.2, 0.25) is 5.13 Å². The van der Waals surface area contributed by atoms with Crippen molar-refractivity contribution in [2.45, 2.75) is 19.4 Å². The third-order valence-electron chi connectivity index (χ3n) is 4.85. The van der Waals surface area contributed by atoms with Crippen LogP contribution in [-0.2, 0) is 6.54 Å². The number of hydrogen-bond donors (Lipinski definition) is 1. The van der Waals surface area contributed by atoms with E-state index in [0.717, 1.165) is 43.8 Å². The molecule has 1 N–H and O–H groups in total. The van der Waals surface area contributed by atoms with Gasteiger partial charge in [-0.2, -0.15) is 5.10 Å². The Balaban J connectivity index is 1.32. The van der Waals surface area contributed by atoms with Crippen LogP contribution in [0, 0.1) is 10.1 Å². The largest absolute Gasteiger partial charge is 0.298 e. The summed E-state index contributed by atoms with van der Waals surface area (Å²) in [6.07, 6.45) is 1.87. The molecular formula is C21H21N5O2S. The van der Waals surface area contributed by atoms with Gasteiger partial charge < -0.3 is 0 Å². The predicted molar refractivity (Wildman–Crippen MR) is 116 cm³/mol. The Labute approximate surface area is 172 Å². The lowest BCUT2D eigenvalue weighted by Crippen LogP contribution is -2.33. The molecular weight excluding hydrogens is 386 g/mol. The fraction of sp³-hybridized carbons (Fsp3) is 0.238. The maximum absolute atomic E-state index is 10.9. The standard InChI is InChI=1S/C21H21N5O2S/c27-26(28)19-8-4-7-17(13-19)20-15-29-21(22-20)24-23-18-9-11-25(12-10-18)14-16-5-2-1-3-6-16/h1-8,13,15H,9-12,14H2,(H,22,24). The second-order valence-corrected chi connectivity index (χ2v) is 7.76. The number of thiazole rings is 1. The number of anilines is 1. The number of nitro groups is 1. The number of likely N-dealkylation sites (tertiary alicyclic amines) is 1. The van der Waals surface area contributed by atoms with E-state index >= 15 is 0 Å². The number of aromatic nitrogens is 1. The number of piperidine rings is 1. The van der Waals surface area contributed by atoms with Crippen LogP contribution in [0.3, 0.4) is 0 Å². The molecule has 29 heavy (non-hydrogen) atoms. The minimum absolute atomic E-state index is 0.0625. The lowest BCUT2D eigenvalue weighted by molar-refractivity contribution is -0.384. The van der Waals surface area contributed by atoms with Crippen molar-refractivity contribution in [2.24, 2.45) is 5.10 Å². The highest BCUT2D eigenvalue weighted by Gasteiger charge is 2.15. The summed E-state index contributed by atoms with van der Waals surface area (Å²) in [7, 11) is 0. The lowest BCUT2D eigenvalue weighted by Gasteiger charge is -2.27. The molecule has 0 spiro atoms. The van der Waals surface area contributed by atoms with E-state index in [4.69, 9.17) is 0 Å². The number of nitro benzene ring substituents is 1. The summed E-state index contributed by atoms with van der Waals surface area (Å²) in [4.78, 5) is 17.5. The van der Waals surface area contributed by atoms with Crippen LogP contribution in [0.1, 0.15) is 18.4 Å². The third kappa shape index (κ3) is 5.04. The SMILES string of the molecule is O=[N+]([O-])c1cccc(-c2csc(NN=C3CCN(Cc4ccccc4)CC3)n2)c1. The molecule has 0 radical (unpaired) electrons. The quantitative estimate of drug-likeness (QED) is 0.469. The van der Waals surface area contributed by atoms with Crippen LogP contribution in [0.15, 0.2) is 65.1 Å². The van der Waals surface area contributed by atoms with Gasteiger partial charge in [0.15, 0.2) is 0 Å². The highest BCUT2D eigenvalue weighted by atomic mass is 32.1. The van der Waals surface area contributed by atoms with E-state index < -0.39 is 4.92 Å². The van der Waals surface area contributed by atoms with Crippen molar-refractivity contribution in [2.75, 3.05) is 18.5 Å². The Kier molecular flexibility index (Phi) is 5.92. The second kappa shape index (κ2) is 8.93. The molecule has 1 saturated heterocycles. The normalized spacial score (nSPS) is 14.6. The number of benzene rings is 2. The maximum atomic E-state index is 10.9. The van der Waals surface area contributed by atoms with Crippen LogP contribution in [0.4, 0.5) is 10.8 Å². The van der Waals surface area contributed by atoms with E-state index in [2.05, 4.69) is 44.7 Å². The first kappa shape index (κ1) is 19.2. The monoisotopic (exact) mass is 407 g/mol. The van der Waals surface area contributed by atoms with Crippen molar-refractivity contribution in [1.29, 1.82) is 0 Å². The topological polar surface area (TPSA) is 83.7 Å². The second-order valence-electron chi connectivity index (χ2n) is 6.90. The predicted octanol–water partition coefficient (Wildman–Crippen LogP) is 4.78. The van der Waals surface area contributed by atoms with Crippen LogP contribution in [0.5, 0.6) is 0 Å². The average molecular weight is 407 g/mol. The van der Waals surface area contributed by atoms with Gasteiger partial charge in [0, 0.05) is 61.3 Å². The van der Waals surface area contributed by atoms with Crippen LogP contribution >= 0.6 is 11.3 Å². The van der Waals surface area contributed by atoms with Gasteiger partial charge in [-0.1, -0.05) is 42.5 Å². The molecule has 0 aliphatic carbocycles. The number of rotatable bonds is 6. The summed E-state index contributed by atoms with van der Waals surface area (Å²) < 4.78 is 0. The molecule has 0 saturated carbocycles. The van der Waals surface area contributed by atoms with Gasteiger partial charge in [0.1, 0.15) is 0 Å². The molecule has 1 aromatic heterocycles. The first-order chi connectivity index (χ1) is 14.2. The molecule has 8 heteroatoms. The van der Waals surface area contributed by atoms with E-state index in [1.165, 1.54) is 29.0 Å². The number of nitrogens with zero attached hydrogens (tertiary/aromatic N) is 4. The van der Waals surface area contributed by atoms with Gasteiger partial charge in [-0.25, -0.2) is 4.98 Å². The molecule has 0 amide bonds. The van der Waals surface area contributed by atoms with Crippen molar-refractivity contribution in [3.8, 4) is 11.3 Å². The molecule has 148 valence electrons. The molecule has 7 nitrogen and oxygen atoms in total. The van der Waals surface area contributed by atoms with Crippen LogP contribution in [-0.4, -0.2) is 33.6 Å². The van der Waals surface area contributed by atoms with Crippen molar-refractivity contribution < 1.29 is 4.92 Å². The zero-order chi connectivity index (χ0) is 20.1. The van der Waals surface area contributed by atoms with Gasteiger partial charge in [0.25, 0.3) is 5.69 Å². The Bertz CT molecular complexity index is 1010. The molecule has 2 heterocycles. The molecule has 0 unspecified atom stereocenters. The van der Waals surface area contributed by atoms with E-state index in [1.807, 2.05) is 17.5 Å². The summed E-state index contributed by atoms with van der Waals surface area (Å²) in [5, 5.41) is 18.0. The molecule has 1 aliphatic heterocycles. The summed E-state index contributed by atoms with van der Waals surface area (Å²) >= 11 is 1.44. The number of hydrogen-bond acceptors (Lipinski definition) is 7. The summed E-state index contributed by atoms with van der Waals surface area (Å²) in [5.74, 6) is 0. The van der Waals surface area contributed by atoms with E-state index in [9.17, 15) is 10.1 Å². The Morgan fingerprint density at radius 3 is 2.69 bits per heavy atom. The summed E-state index contributed by atoms with van der Waals surface area (Å²) in [6, 6.07) is 17.0. The lowest BCUT2D eigenvalue weighted by atomic mass is 10.1. The fourth-order valence-corrected chi connectivity index (χ4v) is 3.95. The van der Waals surface area contributed by atoms with Gasteiger partial charge in [-0.15, -0.1) is 11.3 Å². The molecule has 1 aliphatic rings. The van der Waals surface area contributed by atoms with E-state index in [-0.39, 0.29) is 5.69 Å². The molecule has 0 atom stereocenters. The van der Waals surface area contributed by atoms with Crippen LogP contribution in [0.2, 0.25) is 0 Å². The average Bonchev–Trinajstić information content (AvgIpc) is 3.23. The van der Waals surface area contributed by atoms with Crippen LogP contribution < -0.4 is 5.43 Å². The molecule has 4 rings (SSSR count). The fourth-order valence-electron chi connectivity index (χ4n) is 3.29. The zero-order valence-corrected chi connectivity index (χ0v) is 16.6. The number of non-ortho nitro benzene ring substituents is 1. The Morgan fingerprint density at radius 2 is 1.93 bits per heavy atom. The summed E-state index contributed by atoms with van der Waals surface area (Å²) in [6.45, 7) is 2.96. The van der Waals surface area contributed by atoms with E-state index in [1.54, 1.807) is 6.07 Å². The molecule has 3 aromatic rings. The minimum atomic E-state index is -0.398. The van der Waals surface area contributed by atoms with Crippen molar-refractivity contribution in [3.63, 3.8) is 0 Å². The van der Waals surface area contributed by atoms with Crippen molar-refractivity contribution in [3.05, 3.63) is 75.7 Å². The Hall–Kier alpha value is -3.10. The first-order valence-corrected chi connectivity index (χ1v) is 10.3. The van der Waals surface area contributed by atoms with Gasteiger partial charge >= 0.3 is 0 Å². The van der Waals surface area contributed by atoms with Crippen molar-refractivity contribution >= 4 is 27.9 Å². The highest BCUT2D eigenvalue weighted by molar-refractivity contribution is 7.14. The number of nitrogens with one attached hydrogen (secondary N) is 1. The number of hydrazone groups is 1. The highest BCUT2D eigenvalue weighted by Crippen LogP contribution is 2.27. The van der Waals surface area contributed by atoms with Crippen LogP contribution in [0.25, 0.3) is 11.3 Å². The first-order valence-electron chi connectivity index (χ1n) is 9.45. The molecule has 2 aromatic carbocycles. The Morgan fingerprint density at radius 1 is 1.14 bits per heavy atom. The third-order valence-corrected chi connectivity index (χ3v) is 5.60. The minimum Gasteiger partial charge on any atom is -0.298 e. The van der Waals surface area contributed by atoms with Gasteiger partial charge in [-0.05, 0) is 5.56 Å². The zero-order valence-electron chi connectivity index (χ0n) is 15.8. The summed E-state index contributed by atoms with van der Waals surface area (Å²) in [5.41, 5.74) is 7.02. The molecule has 1 fully saturated rings. The van der Waals surface area contributed by atoms with Crippen molar-refractivity contribution in [1.82, 2.24) is 9.88 Å². The van der Waals surface area contributed by atoms with Gasteiger partial charge in [-0.3, -0.25) is 20.4 Å². The van der Waals surface area contributed by atoms with Gasteiger partial charge in [0.05, 0.1) is 10.6 Å². The van der Waals surface area contributed by atoms with E-state index in [0.29, 0.717) is 10.8 Å². The maximum Gasteiger partial charge on any atom is 0.270 e. The molecule has 0 bridgehead atoms.